The Morgan fingerprint density at radius 3 is 1.52 bits per heavy atom. The lowest BCUT2D eigenvalue weighted by Gasteiger charge is -2.49. The maximum Gasteiger partial charge on any atom is 0.506 e. The number of nitrogens with two attached hydrogens (primary N) is 1. The van der Waals surface area contributed by atoms with Crippen molar-refractivity contribution in [3.8, 4) is 0 Å². The van der Waals surface area contributed by atoms with Gasteiger partial charge in [0.2, 0.25) is 0 Å². The molecular formula is C14H37NO5Si3. The third-order valence-corrected chi connectivity index (χ3v) is 13.9. The molecule has 0 aliphatic carbocycles. The lowest BCUT2D eigenvalue weighted by molar-refractivity contribution is -0.200. The Kier molecular flexibility index (Phi) is 8.83. The summed E-state index contributed by atoms with van der Waals surface area (Å²) in [5, 5.41) is -0.145. The van der Waals surface area contributed by atoms with Crippen molar-refractivity contribution in [3.63, 3.8) is 0 Å². The maximum absolute atomic E-state index is 6.37. The average Bonchev–Trinajstić information content (AvgIpc) is 2.46. The van der Waals surface area contributed by atoms with Gasteiger partial charge in [-0.15, -0.1) is 0 Å². The molecule has 9 heteroatoms. The van der Waals surface area contributed by atoms with Crippen molar-refractivity contribution in [2.24, 2.45) is 5.73 Å². The van der Waals surface area contributed by atoms with Gasteiger partial charge in [0.15, 0.2) is 5.79 Å². The fraction of sp³-hybridized carbons (Fsp3) is 1.00. The van der Waals surface area contributed by atoms with Gasteiger partial charge < -0.3 is 28.5 Å². The van der Waals surface area contributed by atoms with Gasteiger partial charge in [-0.05, 0) is 0 Å². The molecule has 140 valence electrons. The van der Waals surface area contributed by atoms with E-state index < -0.39 is 30.7 Å². The molecule has 0 aromatic heterocycles. The largest absolute Gasteiger partial charge is 0.506 e. The predicted molar refractivity (Wildman–Crippen MR) is 102 cm³/mol. The summed E-state index contributed by atoms with van der Waals surface area (Å²) in [4.78, 5) is 0. The van der Waals surface area contributed by atoms with Gasteiger partial charge in [0.1, 0.15) is 0 Å². The van der Waals surface area contributed by atoms with E-state index in [0.29, 0.717) is 6.23 Å². The summed E-state index contributed by atoms with van der Waals surface area (Å²) in [5.41, 5.74) is 6.05. The van der Waals surface area contributed by atoms with Crippen molar-refractivity contribution in [2.45, 2.75) is 50.2 Å². The topological polar surface area (TPSA) is 72.2 Å². The Morgan fingerprint density at radius 1 is 0.870 bits per heavy atom. The number of hydrogen-bond donors (Lipinski definition) is 1. The van der Waals surface area contributed by atoms with Crippen LogP contribution in [0, 0.1) is 0 Å². The first-order valence-electron chi connectivity index (χ1n) is 7.92. The van der Waals surface area contributed by atoms with Crippen molar-refractivity contribution in [3.05, 3.63) is 0 Å². The molecule has 0 spiro atoms. The molecule has 0 aliphatic heterocycles. The van der Waals surface area contributed by atoms with Crippen LogP contribution in [-0.2, 0) is 22.8 Å². The molecule has 0 rings (SSSR count). The van der Waals surface area contributed by atoms with Crippen LogP contribution in [0.25, 0.3) is 0 Å². The van der Waals surface area contributed by atoms with Gasteiger partial charge >= 0.3 is 8.80 Å². The average molecular weight is 384 g/mol. The van der Waals surface area contributed by atoms with Crippen LogP contribution >= 0.6 is 0 Å². The highest BCUT2D eigenvalue weighted by Crippen LogP contribution is 2.44. The Morgan fingerprint density at radius 2 is 1.30 bits per heavy atom. The van der Waals surface area contributed by atoms with Gasteiger partial charge in [0.25, 0.3) is 0 Å². The quantitative estimate of drug-likeness (QED) is 0.436. The summed E-state index contributed by atoms with van der Waals surface area (Å²) in [6, 6.07) is 0. The van der Waals surface area contributed by atoms with Crippen molar-refractivity contribution >= 4 is 25.0 Å². The first kappa shape index (κ1) is 23.4. The van der Waals surface area contributed by atoms with Crippen LogP contribution in [0.3, 0.4) is 0 Å². The number of ether oxygens (including phenoxy) is 2. The van der Waals surface area contributed by atoms with Crippen LogP contribution in [0.2, 0.25) is 44.4 Å². The Labute approximate surface area is 145 Å². The highest BCUT2D eigenvalue weighted by atomic mass is 28.4. The van der Waals surface area contributed by atoms with Crippen LogP contribution < -0.4 is 5.73 Å². The molecule has 0 aliphatic rings. The van der Waals surface area contributed by atoms with E-state index in [1.807, 2.05) is 0 Å². The van der Waals surface area contributed by atoms with Crippen molar-refractivity contribution < 1.29 is 22.8 Å². The lowest BCUT2D eigenvalue weighted by Crippen LogP contribution is -2.67. The van der Waals surface area contributed by atoms with E-state index in [2.05, 4.69) is 39.3 Å². The van der Waals surface area contributed by atoms with E-state index in [0.717, 1.165) is 0 Å². The molecule has 0 saturated carbocycles. The first-order valence-corrected chi connectivity index (χ1v) is 17.0. The number of hydrogen-bond acceptors (Lipinski definition) is 6. The zero-order valence-corrected chi connectivity index (χ0v) is 19.6. The maximum atomic E-state index is 6.37. The van der Waals surface area contributed by atoms with Crippen LogP contribution in [0.15, 0.2) is 0 Å². The normalized spacial score (nSPS) is 15.8. The molecule has 0 saturated heterocycles. The SMILES string of the molecule is COC(CN)(OC)C([Si](C)(C)C)[Si](OC)(OC)OC[Si](C)(C)C. The molecule has 0 aromatic rings. The van der Waals surface area contributed by atoms with E-state index in [1.54, 1.807) is 28.4 Å². The molecule has 0 heterocycles. The molecule has 0 aromatic carbocycles. The fourth-order valence-corrected chi connectivity index (χ4v) is 14.2. The van der Waals surface area contributed by atoms with Gasteiger partial charge in [0, 0.05) is 41.2 Å². The molecule has 0 fully saturated rings. The molecule has 1 unspecified atom stereocenters. The summed E-state index contributed by atoms with van der Waals surface area (Å²) >= 11 is 0. The second-order valence-corrected chi connectivity index (χ2v) is 22.3. The van der Waals surface area contributed by atoms with Crippen molar-refractivity contribution in [2.75, 3.05) is 41.2 Å². The minimum Gasteiger partial charge on any atom is -0.377 e. The zero-order chi connectivity index (χ0) is 18.5. The number of rotatable bonds is 11. The summed E-state index contributed by atoms with van der Waals surface area (Å²) in [5.74, 6) is -0.970. The van der Waals surface area contributed by atoms with Gasteiger partial charge in [-0.25, -0.2) is 0 Å². The minimum absolute atomic E-state index is 0.145. The molecule has 23 heavy (non-hydrogen) atoms. The second kappa shape index (κ2) is 8.68. The highest BCUT2D eigenvalue weighted by Gasteiger charge is 2.64. The van der Waals surface area contributed by atoms with E-state index >= 15 is 0 Å². The van der Waals surface area contributed by atoms with Crippen LogP contribution in [0.5, 0.6) is 0 Å². The molecule has 0 amide bonds. The summed E-state index contributed by atoms with van der Waals surface area (Å²) in [6.07, 6.45) is 0.663. The Bertz CT molecular complexity index is 341. The predicted octanol–water partition coefficient (Wildman–Crippen LogP) is 2.31. The van der Waals surface area contributed by atoms with E-state index in [4.69, 9.17) is 28.5 Å². The molecular weight excluding hydrogens is 346 g/mol. The molecule has 1 atom stereocenters. The van der Waals surface area contributed by atoms with Gasteiger partial charge in [-0.1, -0.05) is 39.3 Å². The third-order valence-electron chi connectivity index (χ3n) is 3.91. The lowest BCUT2D eigenvalue weighted by atomic mass is 10.3. The van der Waals surface area contributed by atoms with Gasteiger partial charge in [-0.2, -0.15) is 0 Å². The smallest absolute Gasteiger partial charge is 0.377 e. The molecule has 2 N–H and O–H groups in total. The first-order chi connectivity index (χ1) is 10.4. The van der Waals surface area contributed by atoms with Crippen LogP contribution in [-0.4, -0.2) is 72.0 Å². The standard InChI is InChI=1S/C14H37NO5Si3/c1-16-14(11-15,17-2)13(22(8,9)10)23(18-3,19-4)20-12-21(5,6)7/h13H,11-12,15H2,1-10H3. The molecule has 0 bridgehead atoms. The molecule has 6 nitrogen and oxygen atoms in total. The minimum atomic E-state index is -3.05. The summed E-state index contributed by atoms with van der Waals surface area (Å²) in [7, 11) is 0.164. The fourth-order valence-electron chi connectivity index (χ4n) is 2.90. The van der Waals surface area contributed by atoms with Gasteiger partial charge in [-0.3, -0.25) is 0 Å². The molecule has 0 radical (unpaired) electrons. The Hall–Kier alpha value is 0.411. The van der Waals surface area contributed by atoms with E-state index in [-0.39, 0.29) is 11.7 Å². The van der Waals surface area contributed by atoms with E-state index in [9.17, 15) is 0 Å². The van der Waals surface area contributed by atoms with Crippen LogP contribution in [0.1, 0.15) is 0 Å². The van der Waals surface area contributed by atoms with Crippen molar-refractivity contribution in [1.29, 1.82) is 0 Å². The zero-order valence-electron chi connectivity index (χ0n) is 16.6. The van der Waals surface area contributed by atoms with Gasteiger partial charge in [0.05, 0.1) is 21.3 Å². The van der Waals surface area contributed by atoms with Crippen molar-refractivity contribution in [1.82, 2.24) is 0 Å². The monoisotopic (exact) mass is 383 g/mol. The second-order valence-electron chi connectivity index (χ2n) is 8.08. The third kappa shape index (κ3) is 5.72. The highest BCUT2D eigenvalue weighted by molar-refractivity contribution is 6.91. The summed E-state index contributed by atoms with van der Waals surface area (Å²) in [6.45, 7) is 13.7. The van der Waals surface area contributed by atoms with Crippen LogP contribution in [0.4, 0.5) is 0 Å². The van der Waals surface area contributed by atoms with E-state index in [1.165, 1.54) is 0 Å². The Balaban J connectivity index is 6.06. The number of methoxy groups -OCH3 is 2. The summed E-state index contributed by atoms with van der Waals surface area (Å²) < 4.78 is 29.7.